The lowest BCUT2D eigenvalue weighted by atomic mass is 10.0. The van der Waals surface area contributed by atoms with Crippen LogP contribution in [0.3, 0.4) is 0 Å². The molecule has 0 unspecified atom stereocenters. The number of hydrogen-bond acceptors (Lipinski definition) is 3. The molecular formula is C17H23NO2S. The zero-order chi connectivity index (χ0) is 15.5. The van der Waals surface area contributed by atoms with Crippen molar-refractivity contribution < 1.29 is 8.42 Å². The maximum Gasteiger partial charge on any atom is 0.148 e. The van der Waals surface area contributed by atoms with Crippen molar-refractivity contribution >= 4 is 20.6 Å². The van der Waals surface area contributed by atoms with Gasteiger partial charge in [-0.15, -0.1) is 0 Å². The van der Waals surface area contributed by atoms with Gasteiger partial charge in [-0.25, -0.2) is 8.42 Å². The first-order valence-corrected chi connectivity index (χ1v) is 9.31. The third-order valence-electron chi connectivity index (χ3n) is 3.48. The molecule has 0 fully saturated rings. The molecule has 2 atom stereocenters. The van der Waals surface area contributed by atoms with Crippen molar-refractivity contribution in [2.45, 2.75) is 32.4 Å². The van der Waals surface area contributed by atoms with Crippen LogP contribution in [0.2, 0.25) is 0 Å². The van der Waals surface area contributed by atoms with Crippen LogP contribution in [0.25, 0.3) is 10.8 Å². The summed E-state index contributed by atoms with van der Waals surface area (Å²) in [5.74, 6) is 0.176. The number of hydrogen-bond donors (Lipinski definition) is 1. The molecule has 3 nitrogen and oxygen atoms in total. The summed E-state index contributed by atoms with van der Waals surface area (Å²) in [4.78, 5) is 0. The highest BCUT2D eigenvalue weighted by Crippen LogP contribution is 2.16. The number of benzene rings is 2. The quantitative estimate of drug-likeness (QED) is 0.892. The van der Waals surface area contributed by atoms with Crippen molar-refractivity contribution in [3.8, 4) is 0 Å². The molecule has 0 aliphatic heterocycles. The second-order valence-electron chi connectivity index (χ2n) is 5.95. The monoisotopic (exact) mass is 305 g/mol. The fourth-order valence-corrected chi connectivity index (χ4v) is 3.77. The van der Waals surface area contributed by atoms with Gasteiger partial charge in [-0.3, -0.25) is 0 Å². The molecule has 0 aliphatic carbocycles. The Kier molecular flexibility index (Phi) is 5.01. The maximum atomic E-state index is 11.3. The van der Waals surface area contributed by atoms with Crippen LogP contribution in [0.5, 0.6) is 0 Å². The van der Waals surface area contributed by atoms with Crippen molar-refractivity contribution in [3.05, 3.63) is 48.0 Å². The molecule has 0 aromatic heterocycles. The Morgan fingerprint density at radius 1 is 1.00 bits per heavy atom. The summed E-state index contributed by atoms with van der Waals surface area (Å²) in [6.45, 7) is 4.01. The van der Waals surface area contributed by atoms with Crippen LogP contribution < -0.4 is 5.32 Å². The minimum Gasteiger partial charge on any atom is -0.310 e. The normalized spacial score (nSPS) is 15.0. The van der Waals surface area contributed by atoms with Gasteiger partial charge in [0.05, 0.1) is 5.75 Å². The van der Waals surface area contributed by atoms with E-state index in [1.807, 2.05) is 19.1 Å². The molecular weight excluding hydrogens is 282 g/mol. The highest BCUT2D eigenvalue weighted by atomic mass is 32.2. The number of fused-ring (bicyclic) bond motifs is 1. The molecule has 114 valence electrons. The van der Waals surface area contributed by atoms with Crippen LogP contribution in [0.1, 0.15) is 19.4 Å². The Morgan fingerprint density at radius 2 is 1.67 bits per heavy atom. The summed E-state index contributed by atoms with van der Waals surface area (Å²) in [6, 6.07) is 15.0. The van der Waals surface area contributed by atoms with Gasteiger partial charge in [-0.2, -0.15) is 0 Å². The Morgan fingerprint density at radius 3 is 2.33 bits per heavy atom. The molecule has 1 N–H and O–H groups in total. The van der Waals surface area contributed by atoms with Crippen LogP contribution in [-0.2, 0) is 16.3 Å². The molecule has 0 amide bonds. The van der Waals surface area contributed by atoms with E-state index in [2.05, 4.69) is 42.6 Å². The zero-order valence-corrected chi connectivity index (χ0v) is 13.7. The molecule has 0 aliphatic rings. The van der Waals surface area contributed by atoms with Gasteiger partial charge >= 0.3 is 0 Å². The molecule has 0 saturated heterocycles. The molecule has 4 heteroatoms. The van der Waals surface area contributed by atoms with Crippen LogP contribution in [0, 0.1) is 0 Å². The molecule has 0 heterocycles. The van der Waals surface area contributed by atoms with Crippen LogP contribution in [0.4, 0.5) is 0 Å². The van der Waals surface area contributed by atoms with E-state index >= 15 is 0 Å². The third kappa shape index (κ3) is 5.14. The predicted molar refractivity (Wildman–Crippen MR) is 89.4 cm³/mol. The van der Waals surface area contributed by atoms with E-state index in [9.17, 15) is 8.42 Å². The summed E-state index contributed by atoms with van der Waals surface area (Å²) in [5, 5.41) is 5.84. The van der Waals surface area contributed by atoms with Crippen LogP contribution >= 0.6 is 0 Å². The van der Waals surface area contributed by atoms with Gasteiger partial charge in [0.15, 0.2) is 0 Å². The highest BCUT2D eigenvalue weighted by Gasteiger charge is 2.13. The number of sulfone groups is 1. The van der Waals surface area contributed by atoms with Gasteiger partial charge in [0, 0.05) is 18.3 Å². The fourth-order valence-electron chi connectivity index (χ4n) is 2.77. The Hall–Kier alpha value is -1.39. The average molecular weight is 305 g/mol. The van der Waals surface area contributed by atoms with E-state index in [1.54, 1.807) is 0 Å². The minimum absolute atomic E-state index is 0.0320. The average Bonchev–Trinajstić information content (AvgIpc) is 2.35. The van der Waals surface area contributed by atoms with E-state index in [1.165, 1.54) is 22.6 Å². The van der Waals surface area contributed by atoms with E-state index in [-0.39, 0.29) is 17.8 Å². The zero-order valence-electron chi connectivity index (χ0n) is 12.8. The molecule has 2 aromatic carbocycles. The first-order valence-electron chi connectivity index (χ1n) is 7.25. The standard InChI is InChI=1S/C17H23NO2S/c1-13(18-14(2)12-21(3,19)20)10-15-8-9-16-6-4-5-7-17(16)11-15/h4-9,11,13-14,18H,10,12H2,1-3H3/t13-,14+/m1/s1. The van der Waals surface area contributed by atoms with Crippen molar-refractivity contribution in [2.75, 3.05) is 12.0 Å². The summed E-state index contributed by atoms with van der Waals surface area (Å²) < 4.78 is 22.6. The summed E-state index contributed by atoms with van der Waals surface area (Å²) in [5.41, 5.74) is 1.26. The van der Waals surface area contributed by atoms with Gasteiger partial charge in [-0.1, -0.05) is 42.5 Å². The first-order chi connectivity index (χ1) is 9.83. The highest BCUT2D eigenvalue weighted by molar-refractivity contribution is 7.90. The van der Waals surface area contributed by atoms with Crippen molar-refractivity contribution in [1.29, 1.82) is 0 Å². The van der Waals surface area contributed by atoms with Crippen molar-refractivity contribution in [1.82, 2.24) is 5.32 Å². The molecule has 0 saturated carbocycles. The molecule has 0 bridgehead atoms. The van der Waals surface area contributed by atoms with Crippen molar-refractivity contribution in [3.63, 3.8) is 0 Å². The van der Waals surface area contributed by atoms with E-state index in [4.69, 9.17) is 0 Å². The van der Waals surface area contributed by atoms with Gasteiger partial charge in [0.2, 0.25) is 0 Å². The molecule has 2 aromatic rings. The smallest absolute Gasteiger partial charge is 0.148 e. The second kappa shape index (κ2) is 6.58. The number of rotatable bonds is 6. The summed E-state index contributed by atoms with van der Waals surface area (Å²) >= 11 is 0. The fraction of sp³-hybridized carbons (Fsp3) is 0.412. The van der Waals surface area contributed by atoms with Crippen LogP contribution in [0.15, 0.2) is 42.5 Å². The third-order valence-corrected chi connectivity index (χ3v) is 4.58. The SMILES string of the molecule is C[C@H](Cc1ccc2ccccc2c1)N[C@@H](C)CS(C)(=O)=O. The van der Waals surface area contributed by atoms with E-state index < -0.39 is 9.84 Å². The Labute approximate surface area is 127 Å². The molecule has 2 rings (SSSR count). The van der Waals surface area contributed by atoms with E-state index in [0.29, 0.717) is 0 Å². The van der Waals surface area contributed by atoms with Gasteiger partial charge in [0.25, 0.3) is 0 Å². The van der Waals surface area contributed by atoms with Gasteiger partial charge in [-0.05, 0) is 36.6 Å². The van der Waals surface area contributed by atoms with E-state index in [0.717, 1.165) is 6.42 Å². The lowest BCUT2D eigenvalue weighted by Gasteiger charge is -2.19. The Balaban J connectivity index is 1.99. The lowest BCUT2D eigenvalue weighted by Crippen LogP contribution is -2.39. The molecule has 0 spiro atoms. The van der Waals surface area contributed by atoms with Gasteiger partial charge in [0.1, 0.15) is 9.84 Å². The first kappa shape index (κ1) is 16.0. The maximum absolute atomic E-state index is 11.3. The largest absolute Gasteiger partial charge is 0.310 e. The Bertz CT molecular complexity index is 710. The molecule has 0 radical (unpaired) electrons. The lowest BCUT2D eigenvalue weighted by molar-refractivity contribution is 0.484. The minimum atomic E-state index is -2.93. The van der Waals surface area contributed by atoms with Gasteiger partial charge < -0.3 is 5.32 Å². The summed E-state index contributed by atoms with van der Waals surface area (Å²) in [7, 11) is -2.93. The predicted octanol–water partition coefficient (Wildman–Crippen LogP) is 2.79. The second-order valence-corrected chi connectivity index (χ2v) is 8.13. The number of nitrogens with one attached hydrogen (secondary N) is 1. The summed E-state index contributed by atoms with van der Waals surface area (Å²) in [6.07, 6.45) is 2.16. The topological polar surface area (TPSA) is 46.2 Å². The molecule has 21 heavy (non-hydrogen) atoms. The van der Waals surface area contributed by atoms with Crippen molar-refractivity contribution in [2.24, 2.45) is 0 Å². The van der Waals surface area contributed by atoms with Crippen LogP contribution in [-0.4, -0.2) is 32.5 Å².